The Morgan fingerprint density at radius 3 is 2.33 bits per heavy atom. The van der Waals surface area contributed by atoms with Gasteiger partial charge in [-0.1, -0.05) is 0 Å². The van der Waals surface area contributed by atoms with E-state index in [1.807, 2.05) is 18.7 Å². The Bertz CT molecular complexity index is 399. The fourth-order valence-electron chi connectivity index (χ4n) is 1.40. The lowest BCUT2D eigenvalue weighted by Crippen LogP contribution is -2.30. The molecule has 0 aromatic carbocycles. The topological polar surface area (TPSA) is 45.2 Å². The predicted octanol–water partition coefficient (Wildman–Crippen LogP) is 2.43. The zero-order chi connectivity index (χ0) is 13.8. The summed E-state index contributed by atoms with van der Waals surface area (Å²) in [4.78, 5) is 16.6. The Morgan fingerprint density at radius 2 is 1.94 bits per heavy atom. The normalized spacial score (nSPS) is 11.2. The van der Waals surface area contributed by atoms with Gasteiger partial charge in [-0.3, -0.25) is 4.79 Å². The number of carbonyl (C=O) groups excluding carboxylic acids is 1. The number of nitrogens with zero attached hydrogens (tertiary/aromatic N) is 2. The fraction of sp³-hybridized carbons (Fsp3) is 0.455. The van der Waals surface area contributed by atoms with E-state index in [0.717, 1.165) is 13.1 Å². The van der Waals surface area contributed by atoms with Crippen LogP contribution in [-0.2, 0) is 4.79 Å². The molecule has 0 atom stereocenters. The van der Waals surface area contributed by atoms with Crippen LogP contribution in [0.25, 0.3) is 0 Å². The van der Waals surface area contributed by atoms with E-state index >= 15 is 0 Å². The van der Waals surface area contributed by atoms with Gasteiger partial charge in [0.2, 0.25) is 0 Å². The number of hydrogen-bond donors (Lipinski definition) is 1. The van der Waals surface area contributed by atoms with Crippen molar-refractivity contribution < 1.29 is 18.0 Å². The molecule has 0 unspecified atom stereocenters. The van der Waals surface area contributed by atoms with Gasteiger partial charge in [-0.15, -0.1) is 0 Å². The number of alkyl halides is 3. The first-order valence-electron chi connectivity index (χ1n) is 5.47. The molecule has 1 rings (SSSR count). The maximum absolute atomic E-state index is 12.0. The van der Waals surface area contributed by atoms with Gasteiger partial charge in [-0.25, -0.2) is 4.98 Å². The molecule has 0 radical (unpaired) electrons. The maximum atomic E-state index is 12.0. The molecule has 1 amide bonds. The second-order valence-corrected chi connectivity index (χ2v) is 3.53. The standard InChI is InChI=1S/C11H14F3N3O/c1-3-17(4-2)9-6-5-8(7-15-9)16-10(18)11(12,13)14/h5-7H,3-4H2,1-2H3,(H,16,18). The summed E-state index contributed by atoms with van der Waals surface area (Å²) in [5.74, 6) is -1.34. The number of anilines is 2. The minimum Gasteiger partial charge on any atom is -0.357 e. The number of nitrogens with one attached hydrogen (secondary N) is 1. The molecule has 18 heavy (non-hydrogen) atoms. The van der Waals surface area contributed by atoms with E-state index in [4.69, 9.17) is 0 Å². The zero-order valence-electron chi connectivity index (χ0n) is 10.1. The third-order valence-corrected chi connectivity index (χ3v) is 2.35. The molecule has 1 heterocycles. The smallest absolute Gasteiger partial charge is 0.357 e. The van der Waals surface area contributed by atoms with Crippen molar-refractivity contribution in [2.75, 3.05) is 23.3 Å². The summed E-state index contributed by atoms with van der Waals surface area (Å²) >= 11 is 0. The van der Waals surface area contributed by atoms with Crippen molar-refractivity contribution >= 4 is 17.4 Å². The van der Waals surface area contributed by atoms with Gasteiger partial charge in [-0.05, 0) is 26.0 Å². The largest absolute Gasteiger partial charge is 0.471 e. The van der Waals surface area contributed by atoms with Gasteiger partial charge >= 0.3 is 12.1 Å². The van der Waals surface area contributed by atoms with Gasteiger partial charge in [0.1, 0.15) is 5.82 Å². The molecule has 4 nitrogen and oxygen atoms in total. The third kappa shape index (κ3) is 3.61. The number of aromatic nitrogens is 1. The summed E-state index contributed by atoms with van der Waals surface area (Å²) in [5.41, 5.74) is 0.0215. The van der Waals surface area contributed by atoms with Gasteiger partial charge < -0.3 is 10.2 Å². The highest BCUT2D eigenvalue weighted by atomic mass is 19.4. The van der Waals surface area contributed by atoms with Crippen molar-refractivity contribution in [1.82, 2.24) is 4.98 Å². The van der Waals surface area contributed by atoms with Crippen LogP contribution < -0.4 is 10.2 Å². The molecular weight excluding hydrogens is 247 g/mol. The van der Waals surface area contributed by atoms with E-state index < -0.39 is 12.1 Å². The first-order chi connectivity index (χ1) is 8.38. The average molecular weight is 261 g/mol. The minimum atomic E-state index is -4.89. The van der Waals surface area contributed by atoms with E-state index in [-0.39, 0.29) is 5.69 Å². The van der Waals surface area contributed by atoms with Crippen LogP contribution in [0.3, 0.4) is 0 Å². The van der Waals surface area contributed by atoms with Crippen LogP contribution in [-0.4, -0.2) is 30.2 Å². The van der Waals surface area contributed by atoms with Gasteiger partial charge in [0.05, 0.1) is 11.9 Å². The number of halogens is 3. The molecule has 0 saturated heterocycles. The number of pyridine rings is 1. The molecule has 0 aliphatic carbocycles. The molecule has 0 spiro atoms. The molecule has 0 aliphatic heterocycles. The molecule has 0 fully saturated rings. The molecule has 1 aromatic rings. The highest BCUT2D eigenvalue weighted by Gasteiger charge is 2.38. The number of hydrogen-bond acceptors (Lipinski definition) is 3. The molecule has 0 aliphatic rings. The average Bonchev–Trinajstić information content (AvgIpc) is 2.31. The van der Waals surface area contributed by atoms with Crippen molar-refractivity contribution in [2.24, 2.45) is 0 Å². The highest BCUT2D eigenvalue weighted by molar-refractivity contribution is 5.94. The van der Waals surface area contributed by atoms with Gasteiger partial charge in [-0.2, -0.15) is 13.2 Å². The lowest BCUT2D eigenvalue weighted by atomic mass is 10.3. The first kappa shape index (κ1) is 14.3. The van der Waals surface area contributed by atoms with Gasteiger partial charge in [0.15, 0.2) is 0 Å². The Hall–Kier alpha value is -1.79. The molecule has 1 N–H and O–H groups in total. The molecule has 1 aromatic heterocycles. The minimum absolute atomic E-state index is 0.0215. The van der Waals surface area contributed by atoms with Crippen LogP contribution in [0.15, 0.2) is 18.3 Å². The Balaban J connectivity index is 2.75. The molecule has 7 heteroatoms. The quantitative estimate of drug-likeness (QED) is 0.905. The van der Waals surface area contributed by atoms with E-state index in [0.29, 0.717) is 5.82 Å². The van der Waals surface area contributed by atoms with Crippen LogP contribution in [0.1, 0.15) is 13.8 Å². The summed E-state index contributed by atoms with van der Waals surface area (Å²) < 4.78 is 36.0. The Morgan fingerprint density at radius 1 is 1.33 bits per heavy atom. The van der Waals surface area contributed by atoms with Crippen molar-refractivity contribution in [3.05, 3.63) is 18.3 Å². The van der Waals surface area contributed by atoms with E-state index in [1.165, 1.54) is 12.3 Å². The van der Waals surface area contributed by atoms with Crippen LogP contribution in [0, 0.1) is 0 Å². The van der Waals surface area contributed by atoms with Crippen molar-refractivity contribution in [3.8, 4) is 0 Å². The summed E-state index contributed by atoms with van der Waals surface area (Å²) in [6.45, 7) is 5.39. The monoisotopic (exact) mass is 261 g/mol. The van der Waals surface area contributed by atoms with E-state index in [1.54, 1.807) is 11.4 Å². The molecular formula is C11H14F3N3O. The molecule has 0 saturated carbocycles. The van der Waals surface area contributed by atoms with Gasteiger partial charge in [0.25, 0.3) is 0 Å². The second-order valence-electron chi connectivity index (χ2n) is 3.53. The SMILES string of the molecule is CCN(CC)c1ccc(NC(=O)C(F)(F)F)cn1. The van der Waals surface area contributed by atoms with E-state index in [2.05, 4.69) is 4.98 Å². The highest BCUT2D eigenvalue weighted by Crippen LogP contribution is 2.19. The fourth-order valence-corrected chi connectivity index (χ4v) is 1.40. The van der Waals surface area contributed by atoms with Crippen LogP contribution in [0.5, 0.6) is 0 Å². The molecule has 0 bridgehead atoms. The van der Waals surface area contributed by atoms with Crippen LogP contribution in [0.4, 0.5) is 24.7 Å². The van der Waals surface area contributed by atoms with E-state index in [9.17, 15) is 18.0 Å². The summed E-state index contributed by atoms with van der Waals surface area (Å²) in [6, 6.07) is 2.96. The number of carbonyl (C=O) groups is 1. The Labute approximate surface area is 103 Å². The van der Waals surface area contributed by atoms with Crippen molar-refractivity contribution in [3.63, 3.8) is 0 Å². The molecule has 100 valence electrons. The zero-order valence-corrected chi connectivity index (χ0v) is 10.1. The number of amides is 1. The van der Waals surface area contributed by atoms with Crippen LogP contribution >= 0.6 is 0 Å². The van der Waals surface area contributed by atoms with Crippen molar-refractivity contribution in [2.45, 2.75) is 20.0 Å². The first-order valence-corrected chi connectivity index (χ1v) is 5.47. The maximum Gasteiger partial charge on any atom is 0.471 e. The predicted molar refractivity (Wildman–Crippen MR) is 62.5 cm³/mol. The van der Waals surface area contributed by atoms with Crippen LogP contribution in [0.2, 0.25) is 0 Å². The van der Waals surface area contributed by atoms with Gasteiger partial charge in [0, 0.05) is 13.1 Å². The summed E-state index contributed by atoms with van der Waals surface area (Å²) in [6.07, 6.45) is -3.69. The summed E-state index contributed by atoms with van der Waals surface area (Å²) in [7, 11) is 0. The third-order valence-electron chi connectivity index (χ3n) is 2.35. The van der Waals surface area contributed by atoms with Crippen molar-refractivity contribution in [1.29, 1.82) is 0 Å². The lowest BCUT2D eigenvalue weighted by Gasteiger charge is -2.19. The lowest BCUT2D eigenvalue weighted by molar-refractivity contribution is -0.167. The second kappa shape index (κ2) is 5.70. The Kier molecular flexibility index (Phi) is 4.52. The number of rotatable bonds is 4. The summed E-state index contributed by atoms with van der Waals surface area (Å²) in [5, 5.41) is 1.74.